The summed E-state index contributed by atoms with van der Waals surface area (Å²) in [6.07, 6.45) is 2.48. The van der Waals surface area contributed by atoms with Crippen molar-refractivity contribution in [3.05, 3.63) is 33.2 Å². The monoisotopic (exact) mass is 325 g/mol. The molecule has 0 bridgehead atoms. The van der Waals surface area contributed by atoms with E-state index in [1.165, 1.54) is 17.2 Å². The van der Waals surface area contributed by atoms with Gasteiger partial charge in [0.1, 0.15) is 10.6 Å². The topological polar surface area (TPSA) is 82.7 Å². The number of likely N-dealkylation sites (tertiary alicyclic amines) is 1. The summed E-state index contributed by atoms with van der Waals surface area (Å²) in [6.45, 7) is 1.40. The van der Waals surface area contributed by atoms with E-state index >= 15 is 0 Å². The number of piperidine rings is 1. The summed E-state index contributed by atoms with van der Waals surface area (Å²) in [5.74, 6) is -0.233. The Labute approximate surface area is 131 Å². The zero-order chi connectivity index (χ0) is 15.9. The molecule has 3 heterocycles. The largest absolute Gasteiger partial charge is 0.439 e. The van der Waals surface area contributed by atoms with E-state index in [1.54, 1.807) is 11.9 Å². The van der Waals surface area contributed by atoms with Gasteiger partial charge in [-0.1, -0.05) is 11.6 Å². The molecular weight excluding hydrogens is 310 g/mol. The van der Waals surface area contributed by atoms with Crippen molar-refractivity contribution in [2.24, 2.45) is 0 Å². The van der Waals surface area contributed by atoms with Crippen LogP contribution in [0.25, 0.3) is 0 Å². The van der Waals surface area contributed by atoms with Gasteiger partial charge in [0.15, 0.2) is 0 Å². The first kappa shape index (κ1) is 14.9. The highest BCUT2D eigenvalue weighted by molar-refractivity contribution is 6.30. The lowest BCUT2D eigenvalue weighted by molar-refractivity contribution is -0.00522. The second-order valence-electron chi connectivity index (χ2n) is 5.80. The van der Waals surface area contributed by atoms with Crippen LogP contribution in [-0.2, 0) is 4.74 Å². The van der Waals surface area contributed by atoms with Gasteiger partial charge >= 0.3 is 6.09 Å². The molecule has 0 saturated carbocycles. The van der Waals surface area contributed by atoms with E-state index < -0.39 is 11.2 Å². The van der Waals surface area contributed by atoms with E-state index in [9.17, 15) is 14.4 Å². The third-order valence-electron chi connectivity index (χ3n) is 4.07. The summed E-state index contributed by atoms with van der Waals surface area (Å²) in [6, 6.07) is 1.36. The number of carbonyl (C=O) groups is 2. The normalized spacial score (nSPS) is 24.7. The molecule has 8 heteroatoms. The molecule has 2 saturated heterocycles. The average Bonchev–Trinajstić information content (AvgIpc) is 2.75. The van der Waals surface area contributed by atoms with Crippen LogP contribution in [0.3, 0.4) is 0 Å². The Kier molecular flexibility index (Phi) is 3.60. The first-order valence-electron chi connectivity index (χ1n) is 7.02. The lowest BCUT2D eigenvalue weighted by Gasteiger charge is -2.38. The Morgan fingerprint density at radius 1 is 1.41 bits per heavy atom. The molecule has 7 nitrogen and oxygen atoms in total. The van der Waals surface area contributed by atoms with E-state index in [2.05, 4.69) is 4.98 Å². The summed E-state index contributed by atoms with van der Waals surface area (Å²) < 4.78 is 5.47. The Bertz CT molecular complexity index is 689. The molecule has 1 aromatic rings. The number of halogens is 1. The highest BCUT2D eigenvalue weighted by atomic mass is 35.5. The SMILES string of the molecule is CN1CC2(CCCN(C(=O)c3c[nH]c(=O)c(Cl)c3)C2)OC1=O. The van der Waals surface area contributed by atoms with Crippen LogP contribution < -0.4 is 5.56 Å². The van der Waals surface area contributed by atoms with Gasteiger partial charge in [-0.15, -0.1) is 0 Å². The molecular formula is C14H16ClN3O4. The van der Waals surface area contributed by atoms with E-state index in [4.69, 9.17) is 16.3 Å². The number of nitrogens with one attached hydrogen (secondary N) is 1. The molecule has 22 heavy (non-hydrogen) atoms. The van der Waals surface area contributed by atoms with Crippen molar-refractivity contribution in [3.8, 4) is 0 Å². The van der Waals surface area contributed by atoms with Crippen molar-refractivity contribution in [3.63, 3.8) is 0 Å². The molecule has 1 N–H and O–H groups in total. The molecule has 1 unspecified atom stereocenters. The van der Waals surface area contributed by atoms with Gasteiger partial charge in [0.2, 0.25) is 0 Å². The van der Waals surface area contributed by atoms with Crippen molar-refractivity contribution >= 4 is 23.6 Å². The molecule has 0 aliphatic carbocycles. The first-order chi connectivity index (χ1) is 10.4. The van der Waals surface area contributed by atoms with Crippen LogP contribution in [0.5, 0.6) is 0 Å². The predicted molar refractivity (Wildman–Crippen MR) is 79.1 cm³/mol. The van der Waals surface area contributed by atoms with Gasteiger partial charge in [0.05, 0.1) is 18.7 Å². The molecule has 0 aromatic carbocycles. The summed E-state index contributed by atoms with van der Waals surface area (Å²) in [5.41, 5.74) is -0.745. The smallest absolute Gasteiger partial charge is 0.410 e. The molecule has 0 radical (unpaired) electrons. The molecule has 2 fully saturated rings. The Hall–Kier alpha value is -2.02. The molecule has 1 aromatic heterocycles. The summed E-state index contributed by atoms with van der Waals surface area (Å²) in [5, 5.41) is -0.0235. The van der Waals surface area contributed by atoms with E-state index in [0.29, 0.717) is 25.2 Å². The number of aromatic nitrogens is 1. The molecule has 3 rings (SSSR count). The standard InChI is InChI=1S/C14H16ClN3O4/c1-17-7-14(22-13(17)21)3-2-4-18(8-14)12(20)9-5-10(15)11(19)16-6-9/h5-6H,2-4,7-8H2,1H3,(H,16,19). The lowest BCUT2D eigenvalue weighted by atomic mass is 9.92. The van der Waals surface area contributed by atoms with Crippen molar-refractivity contribution in [1.82, 2.24) is 14.8 Å². The maximum absolute atomic E-state index is 12.6. The molecule has 118 valence electrons. The Balaban J connectivity index is 1.80. The van der Waals surface area contributed by atoms with Gasteiger partial charge in [0.25, 0.3) is 11.5 Å². The fourth-order valence-corrected chi connectivity index (χ4v) is 3.21. The molecule has 2 amide bonds. The number of nitrogens with zero attached hydrogens (tertiary/aromatic N) is 2. The highest BCUT2D eigenvalue weighted by Crippen LogP contribution is 2.31. The van der Waals surface area contributed by atoms with Crippen molar-refractivity contribution in [1.29, 1.82) is 0 Å². The number of rotatable bonds is 1. The molecule has 1 spiro atoms. The van der Waals surface area contributed by atoms with E-state index in [1.807, 2.05) is 0 Å². The Morgan fingerprint density at radius 2 is 2.18 bits per heavy atom. The van der Waals surface area contributed by atoms with E-state index in [-0.39, 0.29) is 17.0 Å². The first-order valence-corrected chi connectivity index (χ1v) is 7.40. The van der Waals surface area contributed by atoms with Crippen LogP contribution in [0.15, 0.2) is 17.1 Å². The quantitative estimate of drug-likeness (QED) is 0.837. The van der Waals surface area contributed by atoms with Crippen LogP contribution in [0, 0.1) is 0 Å². The van der Waals surface area contributed by atoms with Crippen LogP contribution in [0.2, 0.25) is 5.02 Å². The van der Waals surface area contributed by atoms with Gasteiger partial charge in [-0.05, 0) is 18.9 Å². The van der Waals surface area contributed by atoms with Gasteiger partial charge in [0, 0.05) is 19.8 Å². The van der Waals surface area contributed by atoms with Crippen molar-refractivity contribution in [2.75, 3.05) is 26.7 Å². The van der Waals surface area contributed by atoms with Gasteiger partial charge in [-0.3, -0.25) is 9.59 Å². The lowest BCUT2D eigenvalue weighted by Crippen LogP contribution is -2.52. The number of hydrogen-bond acceptors (Lipinski definition) is 4. The second-order valence-corrected chi connectivity index (χ2v) is 6.21. The number of ether oxygens (including phenoxy) is 1. The number of hydrogen-bond donors (Lipinski definition) is 1. The fraction of sp³-hybridized carbons (Fsp3) is 0.500. The summed E-state index contributed by atoms with van der Waals surface area (Å²) >= 11 is 5.77. The van der Waals surface area contributed by atoms with Crippen LogP contribution in [0.1, 0.15) is 23.2 Å². The zero-order valence-electron chi connectivity index (χ0n) is 12.1. The third kappa shape index (κ3) is 2.56. The second kappa shape index (κ2) is 5.31. The maximum atomic E-state index is 12.6. The van der Waals surface area contributed by atoms with Gasteiger partial charge < -0.3 is 19.5 Å². The third-order valence-corrected chi connectivity index (χ3v) is 4.35. The summed E-state index contributed by atoms with van der Waals surface area (Å²) in [4.78, 5) is 41.0. The molecule has 2 aliphatic rings. The van der Waals surface area contributed by atoms with Gasteiger partial charge in [-0.2, -0.15) is 0 Å². The number of H-pyrrole nitrogens is 1. The maximum Gasteiger partial charge on any atom is 0.410 e. The van der Waals surface area contributed by atoms with Crippen molar-refractivity contribution < 1.29 is 14.3 Å². The average molecular weight is 326 g/mol. The Morgan fingerprint density at radius 3 is 2.82 bits per heavy atom. The predicted octanol–water partition coefficient (Wildman–Crippen LogP) is 1.09. The highest BCUT2D eigenvalue weighted by Gasteiger charge is 2.47. The van der Waals surface area contributed by atoms with Crippen molar-refractivity contribution in [2.45, 2.75) is 18.4 Å². The minimum absolute atomic E-state index is 0.0235. The van der Waals surface area contributed by atoms with Gasteiger partial charge in [-0.25, -0.2) is 4.79 Å². The zero-order valence-corrected chi connectivity index (χ0v) is 12.9. The number of carbonyl (C=O) groups excluding carboxylic acids is 2. The minimum Gasteiger partial charge on any atom is -0.439 e. The minimum atomic E-state index is -0.633. The number of likely N-dealkylation sites (N-methyl/N-ethyl adjacent to an activating group) is 1. The van der Waals surface area contributed by atoms with Crippen LogP contribution in [0.4, 0.5) is 4.79 Å². The number of amides is 2. The van der Waals surface area contributed by atoms with Crippen LogP contribution in [-0.4, -0.2) is 59.1 Å². The molecule has 2 aliphatic heterocycles. The summed E-state index contributed by atoms with van der Waals surface area (Å²) in [7, 11) is 1.68. The fourth-order valence-electron chi connectivity index (χ4n) is 3.04. The molecule has 1 atom stereocenters. The van der Waals surface area contributed by atoms with Crippen LogP contribution >= 0.6 is 11.6 Å². The number of aromatic amines is 1. The number of pyridine rings is 1. The van der Waals surface area contributed by atoms with E-state index in [0.717, 1.165) is 12.8 Å².